The number of aliphatic hydroxyl groups is 1. The van der Waals surface area contributed by atoms with E-state index in [0.717, 1.165) is 5.56 Å². The number of hydrogen-bond donors (Lipinski definition) is 1. The summed E-state index contributed by atoms with van der Waals surface area (Å²) < 4.78 is 4.66. The lowest BCUT2D eigenvalue weighted by atomic mass is 9.94. The van der Waals surface area contributed by atoms with Crippen LogP contribution in [0.1, 0.15) is 5.56 Å². The Balaban J connectivity index is 2.79. The van der Waals surface area contributed by atoms with Crippen molar-refractivity contribution in [2.45, 2.75) is 12.5 Å². The van der Waals surface area contributed by atoms with Crippen LogP contribution in [0.5, 0.6) is 0 Å². The standard InChI is InChI=1S/C13H16O3/c1-3-12(14)11(13(15)16-2)9-10-7-5-4-6-8-10/h3-8,11-12,14H,1,9H2,2H3. The van der Waals surface area contributed by atoms with Gasteiger partial charge in [0.15, 0.2) is 0 Å². The number of benzene rings is 1. The van der Waals surface area contributed by atoms with Gasteiger partial charge in [0, 0.05) is 0 Å². The van der Waals surface area contributed by atoms with E-state index in [0.29, 0.717) is 6.42 Å². The summed E-state index contributed by atoms with van der Waals surface area (Å²) in [6.45, 7) is 3.48. The van der Waals surface area contributed by atoms with E-state index in [1.165, 1.54) is 13.2 Å². The summed E-state index contributed by atoms with van der Waals surface area (Å²) in [6, 6.07) is 9.51. The van der Waals surface area contributed by atoms with Gasteiger partial charge < -0.3 is 9.84 Å². The van der Waals surface area contributed by atoms with E-state index in [1.807, 2.05) is 30.3 Å². The minimum Gasteiger partial charge on any atom is -0.469 e. The van der Waals surface area contributed by atoms with Gasteiger partial charge in [-0.15, -0.1) is 6.58 Å². The molecule has 0 fully saturated rings. The molecule has 0 aliphatic heterocycles. The topological polar surface area (TPSA) is 46.5 Å². The van der Waals surface area contributed by atoms with Crippen molar-refractivity contribution in [3.63, 3.8) is 0 Å². The highest BCUT2D eigenvalue weighted by Crippen LogP contribution is 2.15. The lowest BCUT2D eigenvalue weighted by Gasteiger charge is -2.17. The number of carbonyl (C=O) groups is 1. The van der Waals surface area contributed by atoms with E-state index in [9.17, 15) is 9.90 Å². The van der Waals surface area contributed by atoms with Crippen molar-refractivity contribution in [3.8, 4) is 0 Å². The highest BCUT2D eigenvalue weighted by molar-refractivity contribution is 5.73. The molecule has 0 saturated carbocycles. The predicted molar refractivity (Wildman–Crippen MR) is 61.9 cm³/mol. The highest BCUT2D eigenvalue weighted by Gasteiger charge is 2.25. The van der Waals surface area contributed by atoms with Gasteiger partial charge in [0.2, 0.25) is 0 Å². The van der Waals surface area contributed by atoms with Gasteiger partial charge in [-0.05, 0) is 12.0 Å². The van der Waals surface area contributed by atoms with Crippen LogP contribution in [0.4, 0.5) is 0 Å². The number of esters is 1. The van der Waals surface area contributed by atoms with Crippen molar-refractivity contribution >= 4 is 5.97 Å². The van der Waals surface area contributed by atoms with Crippen molar-refractivity contribution in [1.29, 1.82) is 0 Å². The van der Waals surface area contributed by atoms with Crippen LogP contribution >= 0.6 is 0 Å². The van der Waals surface area contributed by atoms with E-state index in [-0.39, 0.29) is 0 Å². The minimum atomic E-state index is -0.882. The maximum Gasteiger partial charge on any atom is 0.311 e. The molecule has 1 rings (SSSR count). The Kier molecular flexibility index (Phi) is 4.73. The molecule has 86 valence electrons. The molecule has 1 N–H and O–H groups in total. The molecule has 0 saturated heterocycles. The second-order valence-electron chi connectivity index (χ2n) is 3.55. The molecule has 0 radical (unpaired) electrons. The molecule has 0 aliphatic rings. The van der Waals surface area contributed by atoms with Crippen LogP contribution in [-0.4, -0.2) is 24.3 Å². The maximum absolute atomic E-state index is 11.5. The highest BCUT2D eigenvalue weighted by atomic mass is 16.5. The summed E-state index contributed by atoms with van der Waals surface area (Å²) in [5, 5.41) is 9.66. The van der Waals surface area contributed by atoms with Gasteiger partial charge >= 0.3 is 5.97 Å². The predicted octanol–water partition coefficient (Wildman–Crippen LogP) is 1.57. The SMILES string of the molecule is C=CC(O)C(Cc1ccccc1)C(=O)OC. The normalized spacial score (nSPS) is 13.9. The lowest BCUT2D eigenvalue weighted by molar-refractivity contribution is -0.148. The minimum absolute atomic E-state index is 0.420. The zero-order chi connectivity index (χ0) is 12.0. The van der Waals surface area contributed by atoms with Crippen molar-refractivity contribution in [1.82, 2.24) is 0 Å². The maximum atomic E-state index is 11.5. The van der Waals surface area contributed by atoms with Crippen LogP contribution in [0.15, 0.2) is 43.0 Å². The van der Waals surface area contributed by atoms with E-state index in [2.05, 4.69) is 11.3 Å². The summed E-state index contributed by atoms with van der Waals surface area (Å²) in [4.78, 5) is 11.5. The number of hydrogen-bond acceptors (Lipinski definition) is 3. The molecule has 3 heteroatoms. The number of ether oxygens (including phenoxy) is 1. The second kappa shape index (κ2) is 6.08. The Morgan fingerprint density at radius 3 is 2.62 bits per heavy atom. The Morgan fingerprint density at radius 2 is 2.12 bits per heavy atom. The molecule has 3 nitrogen and oxygen atoms in total. The largest absolute Gasteiger partial charge is 0.469 e. The van der Waals surface area contributed by atoms with E-state index in [1.54, 1.807) is 0 Å². The smallest absolute Gasteiger partial charge is 0.311 e. The first-order chi connectivity index (χ1) is 7.69. The average Bonchev–Trinajstić information content (AvgIpc) is 2.35. The fourth-order valence-corrected chi connectivity index (χ4v) is 1.53. The summed E-state index contributed by atoms with van der Waals surface area (Å²) in [7, 11) is 1.32. The lowest BCUT2D eigenvalue weighted by Crippen LogP contribution is -2.29. The molecule has 0 aliphatic carbocycles. The van der Waals surface area contributed by atoms with Gasteiger partial charge in [0.1, 0.15) is 0 Å². The molecule has 2 atom stereocenters. The summed E-state index contributed by atoms with van der Waals surface area (Å²) >= 11 is 0. The van der Waals surface area contributed by atoms with Crippen molar-refractivity contribution in [2.75, 3.05) is 7.11 Å². The summed E-state index contributed by atoms with van der Waals surface area (Å²) in [6.07, 6.45) is 0.915. The molecule has 0 heterocycles. The third-order valence-electron chi connectivity index (χ3n) is 2.46. The van der Waals surface area contributed by atoms with Crippen LogP contribution in [0.25, 0.3) is 0 Å². The number of methoxy groups -OCH3 is 1. The van der Waals surface area contributed by atoms with Crippen molar-refractivity contribution in [3.05, 3.63) is 48.6 Å². The summed E-state index contributed by atoms with van der Waals surface area (Å²) in [5.41, 5.74) is 0.985. The number of carbonyl (C=O) groups excluding carboxylic acids is 1. The average molecular weight is 220 g/mol. The molecular formula is C13H16O3. The Morgan fingerprint density at radius 1 is 1.50 bits per heavy atom. The molecule has 1 aromatic rings. The van der Waals surface area contributed by atoms with Gasteiger partial charge in [-0.3, -0.25) is 4.79 Å². The second-order valence-corrected chi connectivity index (χ2v) is 3.55. The molecule has 1 aromatic carbocycles. The Bertz CT molecular complexity index is 345. The zero-order valence-electron chi connectivity index (χ0n) is 9.30. The van der Waals surface area contributed by atoms with Crippen molar-refractivity contribution in [2.24, 2.45) is 5.92 Å². The van der Waals surface area contributed by atoms with E-state index in [4.69, 9.17) is 0 Å². The first kappa shape index (κ1) is 12.5. The Hall–Kier alpha value is -1.61. The molecule has 16 heavy (non-hydrogen) atoms. The van der Waals surface area contributed by atoms with Gasteiger partial charge in [-0.2, -0.15) is 0 Å². The third-order valence-corrected chi connectivity index (χ3v) is 2.46. The first-order valence-corrected chi connectivity index (χ1v) is 5.11. The Labute approximate surface area is 95.4 Å². The van der Waals surface area contributed by atoms with Crippen molar-refractivity contribution < 1.29 is 14.6 Å². The van der Waals surface area contributed by atoms with Crippen LogP contribution in [0.2, 0.25) is 0 Å². The fraction of sp³-hybridized carbons (Fsp3) is 0.308. The molecule has 0 spiro atoms. The molecule has 0 aromatic heterocycles. The van der Waals surface area contributed by atoms with Gasteiger partial charge in [-0.25, -0.2) is 0 Å². The van der Waals surface area contributed by atoms with E-state index < -0.39 is 18.0 Å². The fourth-order valence-electron chi connectivity index (χ4n) is 1.53. The monoisotopic (exact) mass is 220 g/mol. The number of rotatable bonds is 5. The quantitative estimate of drug-likeness (QED) is 0.605. The van der Waals surface area contributed by atoms with Crippen LogP contribution in [0.3, 0.4) is 0 Å². The first-order valence-electron chi connectivity index (χ1n) is 5.11. The molecule has 2 unspecified atom stereocenters. The molecule has 0 amide bonds. The van der Waals surface area contributed by atoms with E-state index >= 15 is 0 Å². The van der Waals surface area contributed by atoms with Gasteiger partial charge in [0.05, 0.1) is 19.1 Å². The van der Waals surface area contributed by atoms with Crippen LogP contribution in [-0.2, 0) is 16.0 Å². The number of aliphatic hydroxyl groups excluding tert-OH is 1. The third kappa shape index (κ3) is 3.21. The zero-order valence-corrected chi connectivity index (χ0v) is 9.30. The van der Waals surface area contributed by atoms with Crippen LogP contribution in [0, 0.1) is 5.92 Å². The molecule has 0 bridgehead atoms. The summed E-state index contributed by atoms with van der Waals surface area (Å²) in [5.74, 6) is -1.01. The molecular weight excluding hydrogens is 204 g/mol. The van der Waals surface area contributed by atoms with Crippen LogP contribution < -0.4 is 0 Å². The van der Waals surface area contributed by atoms with Gasteiger partial charge in [0.25, 0.3) is 0 Å². The van der Waals surface area contributed by atoms with Gasteiger partial charge in [-0.1, -0.05) is 36.4 Å².